The lowest BCUT2D eigenvalue weighted by molar-refractivity contribution is -0.115. The zero-order valence-electron chi connectivity index (χ0n) is 17.4. The molecule has 0 saturated heterocycles. The monoisotopic (exact) mass is 429 g/mol. The lowest BCUT2D eigenvalue weighted by Gasteiger charge is -2.25. The zero-order valence-corrected chi connectivity index (χ0v) is 17.4. The highest BCUT2D eigenvalue weighted by molar-refractivity contribution is 6.01. The van der Waals surface area contributed by atoms with Crippen LogP contribution in [0.2, 0.25) is 0 Å². The fourth-order valence-corrected chi connectivity index (χ4v) is 4.80. The lowest BCUT2D eigenvalue weighted by Crippen LogP contribution is -2.21. The molecule has 8 nitrogen and oxygen atoms in total. The third kappa shape index (κ3) is 3.15. The van der Waals surface area contributed by atoms with Crippen LogP contribution < -0.4 is 11.1 Å². The van der Waals surface area contributed by atoms with Crippen LogP contribution in [0.5, 0.6) is 0 Å². The zero-order chi connectivity index (χ0) is 21.8. The van der Waals surface area contributed by atoms with Gasteiger partial charge in [-0.1, -0.05) is 0 Å². The van der Waals surface area contributed by atoms with Gasteiger partial charge in [-0.3, -0.25) is 9.48 Å². The second-order valence-corrected chi connectivity index (χ2v) is 8.68. The number of hydrogen-bond donors (Lipinski definition) is 3. The van der Waals surface area contributed by atoms with Crippen LogP contribution in [0.15, 0.2) is 47.3 Å². The van der Waals surface area contributed by atoms with E-state index in [1.165, 1.54) is 0 Å². The molecule has 1 fully saturated rings. The lowest BCUT2D eigenvalue weighted by atomic mass is 9.93. The van der Waals surface area contributed by atoms with E-state index in [2.05, 4.69) is 15.4 Å². The van der Waals surface area contributed by atoms with Crippen molar-refractivity contribution in [3.05, 3.63) is 48.4 Å². The Morgan fingerprint density at radius 3 is 2.81 bits per heavy atom. The van der Waals surface area contributed by atoms with Gasteiger partial charge < -0.3 is 20.6 Å². The van der Waals surface area contributed by atoms with Gasteiger partial charge in [0, 0.05) is 40.2 Å². The number of amides is 1. The largest absolute Gasteiger partial charge is 0.452 e. The molecule has 1 aliphatic heterocycles. The highest BCUT2D eigenvalue weighted by Crippen LogP contribution is 2.38. The van der Waals surface area contributed by atoms with E-state index in [1.54, 1.807) is 6.20 Å². The van der Waals surface area contributed by atoms with Gasteiger partial charge in [-0.05, 0) is 55.5 Å². The number of furan rings is 1. The van der Waals surface area contributed by atoms with Crippen LogP contribution in [0, 0.1) is 0 Å². The summed E-state index contributed by atoms with van der Waals surface area (Å²) >= 11 is 0. The maximum absolute atomic E-state index is 11.7. The summed E-state index contributed by atoms with van der Waals surface area (Å²) in [6, 6.07) is 8.08. The molecule has 1 amide bonds. The number of fused-ring (bicyclic) bond motifs is 2. The van der Waals surface area contributed by atoms with E-state index in [4.69, 9.17) is 10.2 Å². The van der Waals surface area contributed by atoms with Gasteiger partial charge in [0.1, 0.15) is 5.76 Å². The fourth-order valence-electron chi connectivity index (χ4n) is 4.80. The number of carbonyl (C=O) groups excluding carboxylic acids is 1. The number of nitrogens with one attached hydrogen (secondary N) is 1. The van der Waals surface area contributed by atoms with E-state index >= 15 is 0 Å². The minimum atomic E-state index is -0.195. The normalized spacial score (nSPS) is 20.5. The molecule has 0 unspecified atom stereocenters. The van der Waals surface area contributed by atoms with Gasteiger partial charge >= 0.3 is 0 Å². The van der Waals surface area contributed by atoms with E-state index in [-0.39, 0.29) is 12.0 Å². The Morgan fingerprint density at radius 2 is 1.97 bits per heavy atom. The van der Waals surface area contributed by atoms with Gasteiger partial charge in [-0.15, -0.1) is 0 Å². The van der Waals surface area contributed by atoms with Gasteiger partial charge in [0.15, 0.2) is 11.4 Å². The number of nitrogens with zero attached hydrogens (tertiary/aromatic N) is 3. The number of aliphatic hydroxyl groups excluding tert-OH is 1. The number of carbonyl (C=O) groups is 1. The second kappa shape index (κ2) is 7.20. The van der Waals surface area contributed by atoms with Crippen LogP contribution in [0.4, 0.5) is 11.5 Å². The van der Waals surface area contributed by atoms with Crippen molar-refractivity contribution in [2.45, 2.75) is 44.2 Å². The number of benzene rings is 1. The van der Waals surface area contributed by atoms with Crippen LogP contribution >= 0.6 is 0 Å². The van der Waals surface area contributed by atoms with Gasteiger partial charge in [0.2, 0.25) is 5.91 Å². The molecule has 0 bridgehead atoms. The Morgan fingerprint density at radius 1 is 1.12 bits per heavy atom. The van der Waals surface area contributed by atoms with Gasteiger partial charge in [-0.2, -0.15) is 5.10 Å². The molecule has 3 aromatic heterocycles. The molecule has 1 aromatic carbocycles. The summed E-state index contributed by atoms with van der Waals surface area (Å²) in [5.41, 5.74) is 11.2. The summed E-state index contributed by atoms with van der Waals surface area (Å²) in [6.45, 7) is 0. The molecular formula is C24H23N5O3. The minimum Gasteiger partial charge on any atom is -0.452 e. The highest BCUT2D eigenvalue weighted by atomic mass is 16.3. The molecule has 0 atom stereocenters. The summed E-state index contributed by atoms with van der Waals surface area (Å²) in [5, 5.41) is 18.1. The van der Waals surface area contributed by atoms with E-state index in [9.17, 15) is 9.90 Å². The first-order valence-corrected chi connectivity index (χ1v) is 10.9. The summed E-state index contributed by atoms with van der Waals surface area (Å²) < 4.78 is 8.12. The van der Waals surface area contributed by atoms with Crippen molar-refractivity contribution >= 4 is 28.4 Å². The van der Waals surface area contributed by atoms with Crippen molar-refractivity contribution in [3.8, 4) is 22.5 Å². The molecule has 4 heterocycles. The number of nitrogen functional groups attached to an aromatic ring is 1. The number of nitrogens with two attached hydrogens (primary N) is 1. The maximum Gasteiger partial charge on any atom is 0.228 e. The maximum atomic E-state index is 11.7. The highest BCUT2D eigenvalue weighted by Gasteiger charge is 2.23. The first-order chi connectivity index (χ1) is 15.5. The average molecular weight is 429 g/mol. The van der Waals surface area contributed by atoms with Crippen LogP contribution in [0.25, 0.3) is 33.4 Å². The van der Waals surface area contributed by atoms with Crippen LogP contribution in [-0.2, 0) is 11.2 Å². The second-order valence-electron chi connectivity index (χ2n) is 8.68. The number of anilines is 2. The van der Waals surface area contributed by atoms with Crippen LogP contribution in [0.1, 0.15) is 37.3 Å². The van der Waals surface area contributed by atoms with Crippen LogP contribution in [-0.4, -0.2) is 31.9 Å². The van der Waals surface area contributed by atoms with Gasteiger partial charge in [0.25, 0.3) is 0 Å². The molecule has 32 heavy (non-hydrogen) atoms. The molecule has 4 N–H and O–H groups in total. The Hall–Kier alpha value is -3.65. The van der Waals surface area contributed by atoms with Crippen molar-refractivity contribution in [1.82, 2.24) is 14.8 Å². The number of aromatic nitrogens is 3. The predicted molar refractivity (Wildman–Crippen MR) is 121 cm³/mol. The fraction of sp³-hybridized carbons (Fsp3) is 0.292. The number of hydrogen-bond acceptors (Lipinski definition) is 6. The quantitative estimate of drug-likeness (QED) is 0.454. The molecule has 1 aliphatic carbocycles. The summed E-state index contributed by atoms with van der Waals surface area (Å²) in [4.78, 5) is 16.0. The first kappa shape index (κ1) is 19.1. The Bertz CT molecular complexity index is 1350. The molecule has 2 aliphatic rings. The standard InChI is InChI=1S/C24H23N5O3/c25-24-23-18(9-21(32-23)13-1-6-20-14(7-13)8-22(31)28-20)19(11-26-24)15-10-27-29(12-15)16-2-4-17(30)5-3-16/h1,6-7,9-12,16-17,30H,2-5,8H2,(H2,25,26)(H,28,31). The molecular weight excluding hydrogens is 406 g/mol. The van der Waals surface area contributed by atoms with Crippen molar-refractivity contribution < 1.29 is 14.3 Å². The third-order valence-corrected chi connectivity index (χ3v) is 6.56. The minimum absolute atomic E-state index is 0.00183. The molecule has 0 spiro atoms. The van der Waals surface area contributed by atoms with E-state index in [0.29, 0.717) is 29.6 Å². The van der Waals surface area contributed by atoms with E-state index in [0.717, 1.165) is 59.0 Å². The molecule has 8 heteroatoms. The third-order valence-electron chi connectivity index (χ3n) is 6.56. The SMILES string of the molecule is Nc1ncc(-c2cnn(C3CCC(O)CC3)c2)c2cc(-c3ccc4c(c3)CC(=O)N4)oc12. The molecule has 6 rings (SSSR count). The molecule has 162 valence electrons. The average Bonchev–Trinajstić information content (AvgIpc) is 3.52. The predicted octanol–water partition coefficient (Wildman–Crippen LogP) is 3.91. The van der Waals surface area contributed by atoms with Crippen molar-refractivity contribution in [3.63, 3.8) is 0 Å². The van der Waals surface area contributed by atoms with E-state index < -0.39 is 0 Å². The summed E-state index contributed by atoms with van der Waals surface area (Å²) in [7, 11) is 0. The smallest absolute Gasteiger partial charge is 0.228 e. The Kier molecular flexibility index (Phi) is 4.29. The van der Waals surface area contributed by atoms with E-state index in [1.807, 2.05) is 41.3 Å². The van der Waals surface area contributed by atoms with Crippen molar-refractivity contribution in [1.29, 1.82) is 0 Å². The van der Waals surface area contributed by atoms with Crippen molar-refractivity contribution in [2.24, 2.45) is 0 Å². The Balaban J connectivity index is 1.38. The topological polar surface area (TPSA) is 119 Å². The van der Waals surface area contributed by atoms with Gasteiger partial charge in [-0.25, -0.2) is 4.98 Å². The molecule has 4 aromatic rings. The van der Waals surface area contributed by atoms with Crippen LogP contribution in [0.3, 0.4) is 0 Å². The number of aliphatic hydroxyl groups is 1. The number of rotatable bonds is 3. The summed E-state index contributed by atoms with van der Waals surface area (Å²) in [5.74, 6) is 1.01. The Labute approximate surface area is 184 Å². The van der Waals surface area contributed by atoms with Crippen molar-refractivity contribution in [2.75, 3.05) is 11.1 Å². The first-order valence-electron chi connectivity index (χ1n) is 10.9. The number of pyridine rings is 1. The summed E-state index contributed by atoms with van der Waals surface area (Å²) in [6.07, 6.45) is 9.27. The van der Waals surface area contributed by atoms with Gasteiger partial charge in [0.05, 0.1) is 24.8 Å². The molecule has 0 radical (unpaired) electrons. The molecule has 1 saturated carbocycles.